The number of benzene rings is 1. The monoisotopic (exact) mass is 261 g/mol. The van der Waals surface area contributed by atoms with Gasteiger partial charge in [-0.15, -0.1) is 0 Å². The molecule has 0 aromatic heterocycles. The van der Waals surface area contributed by atoms with Gasteiger partial charge in [0.25, 0.3) is 0 Å². The number of piperidine rings is 1. The van der Waals surface area contributed by atoms with Crippen molar-refractivity contribution in [2.75, 3.05) is 13.6 Å². The largest absolute Gasteiger partial charge is 0.481 e. The summed E-state index contributed by atoms with van der Waals surface area (Å²) in [6.07, 6.45) is 1.43. The topological polar surface area (TPSA) is 57.6 Å². The number of nitrogens with zero attached hydrogens (tertiary/aromatic N) is 1. The van der Waals surface area contributed by atoms with Crippen molar-refractivity contribution >= 4 is 11.9 Å². The fourth-order valence-corrected chi connectivity index (χ4v) is 2.58. The molecule has 1 fully saturated rings. The number of aliphatic carboxylic acids is 1. The summed E-state index contributed by atoms with van der Waals surface area (Å²) in [6.45, 7) is 2.54. The van der Waals surface area contributed by atoms with E-state index in [4.69, 9.17) is 0 Å². The molecule has 1 unspecified atom stereocenters. The zero-order valence-electron chi connectivity index (χ0n) is 11.3. The molecule has 0 aliphatic carbocycles. The first-order valence-corrected chi connectivity index (χ1v) is 6.56. The van der Waals surface area contributed by atoms with Gasteiger partial charge in [-0.2, -0.15) is 0 Å². The average molecular weight is 261 g/mol. The predicted molar refractivity (Wildman–Crippen MR) is 72.0 cm³/mol. The molecule has 0 saturated carbocycles. The van der Waals surface area contributed by atoms with Gasteiger partial charge in [-0.05, 0) is 24.0 Å². The molecule has 1 amide bonds. The van der Waals surface area contributed by atoms with Gasteiger partial charge in [-0.3, -0.25) is 9.59 Å². The fraction of sp³-hybridized carbons (Fsp3) is 0.467. The predicted octanol–water partition coefficient (Wildman–Crippen LogP) is 1.82. The summed E-state index contributed by atoms with van der Waals surface area (Å²) in [5, 5.41) is 9.60. The second-order valence-electron chi connectivity index (χ2n) is 5.18. The second-order valence-corrected chi connectivity index (χ2v) is 5.18. The molecule has 0 radical (unpaired) electrons. The van der Waals surface area contributed by atoms with Gasteiger partial charge in [0.15, 0.2) is 0 Å². The molecule has 1 atom stereocenters. The van der Waals surface area contributed by atoms with Crippen molar-refractivity contribution in [3.63, 3.8) is 0 Å². The first-order valence-electron chi connectivity index (χ1n) is 6.56. The van der Waals surface area contributed by atoms with Crippen LogP contribution in [0.4, 0.5) is 0 Å². The number of rotatable bonds is 3. The second kappa shape index (κ2) is 5.03. The van der Waals surface area contributed by atoms with Crippen molar-refractivity contribution in [2.24, 2.45) is 0 Å². The molecule has 1 aromatic carbocycles. The van der Waals surface area contributed by atoms with E-state index in [1.54, 1.807) is 11.9 Å². The van der Waals surface area contributed by atoms with E-state index in [2.05, 4.69) is 6.92 Å². The standard InChI is InChI=1S/C15H19NO3/c1-3-11-4-6-12(7-5-11)15(14(18)19)8-9-16(2)13(17)10-15/h4-7H,3,8-10H2,1-2H3,(H,18,19). The number of aryl methyl sites for hydroxylation is 1. The molecule has 19 heavy (non-hydrogen) atoms. The van der Waals surface area contributed by atoms with Crippen LogP contribution in [0.5, 0.6) is 0 Å². The van der Waals surface area contributed by atoms with E-state index in [0.717, 1.165) is 12.0 Å². The first kappa shape index (κ1) is 13.6. The summed E-state index contributed by atoms with van der Waals surface area (Å²) in [6, 6.07) is 7.60. The average Bonchev–Trinajstić information content (AvgIpc) is 2.42. The van der Waals surface area contributed by atoms with Gasteiger partial charge in [-0.1, -0.05) is 31.2 Å². The molecule has 1 aliphatic heterocycles. The molecule has 1 N–H and O–H groups in total. The lowest BCUT2D eigenvalue weighted by Gasteiger charge is -2.37. The number of carbonyl (C=O) groups is 2. The Morgan fingerprint density at radius 3 is 2.47 bits per heavy atom. The maximum Gasteiger partial charge on any atom is 0.314 e. The van der Waals surface area contributed by atoms with Crippen LogP contribution in [-0.4, -0.2) is 35.5 Å². The van der Waals surface area contributed by atoms with Crippen molar-refractivity contribution in [3.8, 4) is 0 Å². The Hall–Kier alpha value is -1.84. The molecule has 0 spiro atoms. The zero-order chi connectivity index (χ0) is 14.0. The van der Waals surface area contributed by atoms with Gasteiger partial charge in [0.05, 0.1) is 0 Å². The van der Waals surface area contributed by atoms with E-state index >= 15 is 0 Å². The summed E-state index contributed by atoms with van der Waals surface area (Å²) in [5.74, 6) is -1.01. The molecule has 2 rings (SSSR count). The van der Waals surface area contributed by atoms with Crippen molar-refractivity contribution in [1.82, 2.24) is 4.90 Å². The van der Waals surface area contributed by atoms with Crippen LogP contribution < -0.4 is 0 Å². The van der Waals surface area contributed by atoms with Gasteiger partial charge in [-0.25, -0.2) is 0 Å². The van der Waals surface area contributed by atoms with Crippen molar-refractivity contribution in [2.45, 2.75) is 31.6 Å². The Kier molecular flexibility index (Phi) is 3.60. The Morgan fingerprint density at radius 2 is 2.00 bits per heavy atom. The lowest BCUT2D eigenvalue weighted by atomic mass is 9.72. The van der Waals surface area contributed by atoms with Gasteiger partial charge in [0.2, 0.25) is 5.91 Å². The third-order valence-corrected chi connectivity index (χ3v) is 4.08. The minimum Gasteiger partial charge on any atom is -0.481 e. The Labute approximate surface area is 113 Å². The normalized spacial score (nSPS) is 23.5. The third-order valence-electron chi connectivity index (χ3n) is 4.08. The van der Waals surface area contributed by atoms with Crippen LogP contribution in [0.1, 0.15) is 30.9 Å². The van der Waals surface area contributed by atoms with E-state index in [1.807, 2.05) is 24.3 Å². The van der Waals surface area contributed by atoms with Gasteiger partial charge < -0.3 is 10.0 Å². The van der Waals surface area contributed by atoms with Gasteiger partial charge in [0, 0.05) is 20.0 Å². The minimum atomic E-state index is -1.06. The summed E-state index contributed by atoms with van der Waals surface area (Å²) in [4.78, 5) is 25.2. The number of hydrogen-bond acceptors (Lipinski definition) is 2. The van der Waals surface area contributed by atoms with E-state index in [0.29, 0.717) is 13.0 Å². The van der Waals surface area contributed by atoms with E-state index in [1.165, 1.54) is 5.56 Å². The quantitative estimate of drug-likeness (QED) is 0.903. The molecular formula is C15H19NO3. The van der Waals surface area contributed by atoms with Crippen LogP contribution in [0.25, 0.3) is 0 Å². The number of carboxylic acid groups (broad SMARTS) is 1. The first-order chi connectivity index (χ1) is 8.99. The number of amides is 1. The smallest absolute Gasteiger partial charge is 0.314 e. The molecule has 102 valence electrons. The molecule has 1 saturated heterocycles. The number of carbonyl (C=O) groups excluding carboxylic acids is 1. The molecule has 4 nitrogen and oxygen atoms in total. The van der Waals surface area contributed by atoms with Gasteiger partial charge in [0.1, 0.15) is 5.41 Å². The molecular weight excluding hydrogens is 242 g/mol. The maximum absolute atomic E-state index is 11.9. The maximum atomic E-state index is 11.9. The van der Waals surface area contributed by atoms with Crippen molar-refractivity contribution in [1.29, 1.82) is 0 Å². The lowest BCUT2D eigenvalue weighted by molar-refractivity contribution is -0.151. The Bertz CT molecular complexity index is 495. The highest BCUT2D eigenvalue weighted by Crippen LogP contribution is 2.36. The number of carboxylic acids is 1. The summed E-state index contributed by atoms with van der Waals surface area (Å²) in [7, 11) is 1.72. The Balaban J connectivity index is 2.39. The molecule has 1 aliphatic rings. The van der Waals surface area contributed by atoms with Crippen LogP contribution in [0.15, 0.2) is 24.3 Å². The SMILES string of the molecule is CCc1ccc(C2(C(=O)O)CCN(C)C(=O)C2)cc1. The van der Waals surface area contributed by atoms with Crippen molar-refractivity contribution < 1.29 is 14.7 Å². The highest BCUT2D eigenvalue weighted by atomic mass is 16.4. The van der Waals surface area contributed by atoms with E-state index in [9.17, 15) is 14.7 Å². The van der Waals surface area contributed by atoms with E-state index < -0.39 is 11.4 Å². The minimum absolute atomic E-state index is 0.0459. The Morgan fingerprint density at radius 1 is 1.37 bits per heavy atom. The molecule has 1 heterocycles. The van der Waals surface area contributed by atoms with E-state index in [-0.39, 0.29) is 12.3 Å². The lowest BCUT2D eigenvalue weighted by Crippen LogP contribution is -2.48. The number of likely N-dealkylation sites (tertiary alicyclic amines) is 1. The van der Waals surface area contributed by atoms with Crippen LogP contribution in [0, 0.1) is 0 Å². The molecule has 0 bridgehead atoms. The summed E-state index contributed by atoms with van der Waals surface area (Å²) < 4.78 is 0. The summed E-state index contributed by atoms with van der Waals surface area (Å²) >= 11 is 0. The molecule has 4 heteroatoms. The summed E-state index contributed by atoms with van der Waals surface area (Å²) in [5.41, 5.74) is 0.845. The van der Waals surface area contributed by atoms with Crippen LogP contribution >= 0.6 is 0 Å². The van der Waals surface area contributed by atoms with Crippen molar-refractivity contribution in [3.05, 3.63) is 35.4 Å². The third kappa shape index (κ3) is 2.35. The number of hydrogen-bond donors (Lipinski definition) is 1. The highest BCUT2D eigenvalue weighted by Gasteiger charge is 2.45. The zero-order valence-corrected chi connectivity index (χ0v) is 11.3. The van der Waals surface area contributed by atoms with Gasteiger partial charge >= 0.3 is 5.97 Å². The van der Waals surface area contributed by atoms with Crippen LogP contribution in [0.3, 0.4) is 0 Å². The molecule has 1 aromatic rings. The fourth-order valence-electron chi connectivity index (χ4n) is 2.58. The highest BCUT2D eigenvalue weighted by molar-refractivity contribution is 5.90. The van der Waals surface area contributed by atoms with Crippen LogP contribution in [0.2, 0.25) is 0 Å². The van der Waals surface area contributed by atoms with Crippen LogP contribution in [-0.2, 0) is 21.4 Å².